The van der Waals surface area contributed by atoms with Crippen LogP contribution in [-0.4, -0.2) is 24.9 Å². The Morgan fingerprint density at radius 2 is 1.90 bits per heavy atom. The molecular formula is C14H11N5O2. The van der Waals surface area contributed by atoms with E-state index in [2.05, 4.69) is 15.2 Å². The van der Waals surface area contributed by atoms with Crippen LogP contribution in [-0.2, 0) is 0 Å². The quantitative estimate of drug-likeness (QED) is 0.544. The molecular weight excluding hydrogens is 270 g/mol. The highest BCUT2D eigenvalue weighted by Gasteiger charge is 2.18. The molecule has 0 saturated carbocycles. The van der Waals surface area contributed by atoms with Gasteiger partial charge in [-0.1, -0.05) is 12.1 Å². The zero-order valence-corrected chi connectivity index (χ0v) is 11.2. The summed E-state index contributed by atoms with van der Waals surface area (Å²) < 4.78 is 0. The summed E-state index contributed by atoms with van der Waals surface area (Å²) in [5, 5.41) is 19.2. The zero-order valence-electron chi connectivity index (χ0n) is 11.2. The topological polar surface area (TPSA) is 86.7 Å². The van der Waals surface area contributed by atoms with Crippen LogP contribution in [0.15, 0.2) is 48.9 Å². The fourth-order valence-corrected chi connectivity index (χ4v) is 2.13. The van der Waals surface area contributed by atoms with Crippen LogP contribution in [0.5, 0.6) is 0 Å². The average molecular weight is 281 g/mol. The van der Waals surface area contributed by atoms with Crippen molar-refractivity contribution in [3.05, 3.63) is 64.6 Å². The summed E-state index contributed by atoms with van der Waals surface area (Å²) in [4.78, 5) is 16.5. The number of nitrogens with zero attached hydrogens (tertiary/aromatic N) is 5. The monoisotopic (exact) mass is 281 g/mol. The molecule has 0 atom stereocenters. The van der Waals surface area contributed by atoms with Crippen molar-refractivity contribution < 1.29 is 4.92 Å². The van der Waals surface area contributed by atoms with E-state index in [0.29, 0.717) is 22.5 Å². The van der Waals surface area contributed by atoms with Crippen molar-refractivity contribution in [3.63, 3.8) is 0 Å². The van der Waals surface area contributed by atoms with Crippen molar-refractivity contribution in [2.45, 2.75) is 6.92 Å². The highest BCUT2D eigenvalue weighted by Crippen LogP contribution is 2.32. The molecule has 0 aliphatic rings. The van der Waals surface area contributed by atoms with E-state index < -0.39 is 0 Å². The maximum atomic E-state index is 11.2. The second-order valence-electron chi connectivity index (χ2n) is 4.45. The van der Waals surface area contributed by atoms with Gasteiger partial charge in [-0.2, -0.15) is 10.2 Å². The summed E-state index contributed by atoms with van der Waals surface area (Å²) in [5.74, 6) is 0.555. The van der Waals surface area contributed by atoms with E-state index >= 15 is 0 Å². The largest absolute Gasteiger partial charge is 0.280 e. The van der Waals surface area contributed by atoms with E-state index in [0.717, 1.165) is 0 Å². The number of rotatable bonds is 3. The zero-order chi connectivity index (χ0) is 14.8. The SMILES string of the molecule is Cc1cccc(-c2ccc(-n3nccn3)nc2)c1[N+](=O)[O-]. The van der Waals surface area contributed by atoms with Gasteiger partial charge in [0.2, 0.25) is 0 Å². The summed E-state index contributed by atoms with van der Waals surface area (Å²) in [6.45, 7) is 1.72. The molecule has 0 spiro atoms. The standard InChI is InChI=1S/C14H11N5O2/c1-10-3-2-4-12(14(10)19(20)21)11-5-6-13(15-9-11)18-16-7-8-17-18/h2-9H,1H3. The first kappa shape index (κ1) is 12.9. The molecule has 104 valence electrons. The maximum absolute atomic E-state index is 11.2. The van der Waals surface area contributed by atoms with Crippen LogP contribution in [0, 0.1) is 17.0 Å². The summed E-state index contributed by atoms with van der Waals surface area (Å²) in [5.41, 5.74) is 1.95. The molecule has 0 N–H and O–H groups in total. The molecule has 21 heavy (non-hydrogen) atoms. The van der Waals surface area contributed by atoms with E-state index in [4.69, 9.17) is 0 Å². The van der Waals surface area contributed by atoms with Gasteiger partial charge in [-0.05, 0) is 25.1 Å². The number of benzene rings is 1. The summed E-state index contributed by atoms with van der Waals surface area (Å²) in [6.07, 6.45) is 4.70. The molecule has 0 fully saturated rings. The predicted octanol–water partition coefficient (Wildman–Crippen LogP) is 2.55. The van der Waals surface area contributed by atoms with Crippen molar-refractivity contribution in [3.8, 4) is 16.9 Å². The summed E-state index contributed by atoms with van der Waals surface area (Å²) in [7, 11) is 0. The van der Waals surface area contributed by atoms with Crippen LogP contribution in [0.25, 0.3) is 16.9 Å². The Labute approximate surface area is 120 Å². The van der Waals surface area contributed by atoms with Crippen LogP contribution in [0.1, 0.15) is 5.56 Å². The Bertz CT molecular complexity index is 782. The molecule has 2 heterocycles. The molecule has 0 saturated heterocycles. The molecule has 3 aromatic rings. The number of aryl methyl sites for hydroxylation is 1. The average Bonchev–Trinajstić information content (AvgIpc) is 3.01. The molecule has 3 rings (SSSR count). The smallest absolute Gasteiger partial charge is 0.258 e. The number of hydrogen-bond donors (Lipinski definition) is 0. The second-order valence-corrected chi connectivity index (χ2v) is 4.45. The molecule has 1 aromatic carbocycles. The Hall–Kier alpha value is -3.09. The van der Waals surface area contributed by atoms with Gasteiger partial charge in [-0.25, -0.2) is 4.98 Å². The lowest BCUT2D eigenvalue weighted by Crippen LogP contribution is -2.01. The van der Waals surface area contributed by atoms with Crippen molar-refractivity contribution in [2.75, 3.05) is 0 Å². The highest BCUT2D eigenvalue weighted by molar-refractivity contribution is 5.75. The van der Waals surface area contributed by atoms with Crippen molar-refractivity contribution in [1.29, 1.82) is 0 Å². The summed E-state index contributed by atoms with van der Waals surface area (Å²) in [6, 6.07) is 8.72. The van der Waals surface area contributed by atoms with Crippen LogP contribution >= 0.6 is 0 Å². The first-order chi connectivity index (χ1) is 10.2. The van der Waals surface area contributed by atoms with Crippen LogP contribution in [0.3, 0.4) is 0 Å². The lowest BCUT2D eigenvalue weighted by Gasteiger charge is -2.06. The third-order valence-corrected chi connectivity index (χ3v) is 3.10. The van der Waals surface area contributed by atoms with Crippen LogP contribution < -0.4 is 0 Å². The van der Waals surface area contributed by atoms with E-state index in [9.17, 15) is 10.1 Å². The maximum Gasteiger partial charge on any atom is 0.280 e. The van der Waals surface area contributed by atoms with Crippen LogP contribution in [0.2, 0.25) is 0 Å². The van der Waals surface area contributed by atoms with Crippen molar-refractivity contribution in [1.82, 2.24) is 20.0 Å². The van der Waals surface area contributed by atoms with Gasteiger partial charge in [0.05, 0.1) is 22.9 Å². The number of nitro groups is 1. The third kappa shape index (κ3) is 2.36. The van der Waals surface area contributed by atoms with Gasteiger partial charge in [-0.15, -0.1) is 4.80 Å². The van der Waals surface area contributed by atoms with E-state index in [1.807, 2.05) is 0 Å². The molecule has 0 radical (unpaired) electrons. The minimum Gasteiger partial charge on any atom is -0.258 e. The number of aromatic nitrogens is 4. The second kappa shape index (κ2) is 5.12. The Morgan fingerprint density at radius 3 is 2.52 bits per heavy atom. The van der Waals surface area contributed by atoms with Gasteiger partial charge in [-0.3, -0.25) is 10.1 Å². The van der Waals surface area contributed by atoms with Crippen LogP contribution in [0.4, 0.5) is 5.69 Å². The molecule has 7 heteroatoms. The van der Waals surface area contributed by atoms with Gasteiger partial charge in [0.25, 0.3) is 5.69 Å². The van der Waals surface area contributed by atoms with E-state index in [1.54, 1.807) is 55.8 Å². The Kier molecular flexibility index (Phi) is 3.15. The fraction of sp³-hybridized carbons (Fsp3) is 0.0714. The first-order valence-electron chi connectivity index (χ1n) is 6.24. The fourth-order valence-electron chi connectivity index (χ4n) is 2.13. The van der Waals surface area contributed by atoms with Gasteiger partial charge in [0.1, 0.15) is 0 Å². The minimum absolute atomic E-state index is 0.101. The minimum atomic E-state index is -0.367. The van der Waals surface area contributed by atoms with E-state index in [-0.39, 0.29) is 10.6 Å². The number of pyridine rings is 1. The van der Waals surface area contributed by atoms with Gasteiger partial charge in [0.15, 0.2) is 5.82 Å². The molecule has 7 nitrogen and oxygen atoms in total. The molecule has 0 aliphatic carbocycles. The number of nitro benzene ring substituents is 1. The normalized spacial score (nSPS) is 10.5. The molecule has 0 bridgehead atoms. The first-order valence-corrected chi connectivity index (χ1v) is 6.24. The van der Waals surface area contributed by atoms with Gasteiger partial charge >= 0.3 is 0 Å². The highest BCUT2D eigenvalue weighted by atomic mass is 16.6. The number of hydrogen-bond acceptors (Lipinski definition) is 5. The van der Waals surface area contributed by atoms with Gasteiger partial charge < -0.3 is 0 Å². The molecule has 2 aromatic heterocycles. The van der Waals surface area contributed by atoms with Crippen molar-refractivity contribution in [2.24, 2.45) is 0 Å². The Morgan fingerprint density at radius 1 is 1.14 bits per heavy atom. The van der Waals surface area contributed by atoms with E-state index in [1.165, 1.54) is 4.80 Å². The van der Waals surface area contributed by atoms with Crippen molar-refractivity contribution >= 4 is 5.69 Å². The molecule has 0 amide bonds. The predicted molar refractivity (Wildman–Crippen MR) is 76.0 cm³/mol. The van der Waals surface area contributed by atoms with Gasteiger partial charge in [0, 0.05) is 17.3 Å². The lowest BCUT2D eigenvalue weighted by atomic mass is 10.0. The Balaban J connectivity index is 2.06. The third-order valence-electron chi connectivity index (χ3n) is 3.10. The number of para-hydroxylation sites is 1. The summed E-state index contributed by atoms with van der Waals surface area (Å²) >= 11 is 0. The molecule has 0 aliphatic heterocycles. The molecule has 0 unspecified atom stereocenters. The lowest BCUT2D eigenvalue weighted by molar-refractivity contribution is -0.384.